The van der Waals surface area contributed by atoms with E-state index in [1.54, 1.807) is 0 Å². The lowest BCUT2D eigenvalue weighted by molar-refractivity contribution is -0.119. The number of hydrogen-bond acceptors (Lipinski definition) is 2. The van der Waals surface area contributed by atoms with Crippen LogP contribution in [0.15, 0.2) is 18.2 Å². The average molecular weight is 243 g/mol. The van der Waals surface area contributed by atoms with Crippen molar-refractivity contribution in [3.8, 4) is 0 Å². The van der Waals surface area contributed by atoms with E-state index in [2.05, 4.69) is 0 Å². The third-order valence-corrected chi connectivity index (χ3v) is 3.81. The summed E-state index contributed by atoms with van der Waals surface area (Å²) in [6, 6.07) is 5.75. The van der Waals surface area contributed by atoms with E-state index in [1.807, 2.05) is 30.0 Å². The number of hydrogen-bond donors (Lipinski definition) is 0. The Kier molecular flexibility index (Phi) is 2.69. The van der Waals surface area contributed by atoms with E-state index < -0.39 is 0 Å². The zero-order valence-corrected chi connectivity index (χ0v) is 10.6. The van der Waals surface area contributed by atoms with Gasteiger partial charge in [-0.2, -0.15) is 0 Å². The number of rotatable bonds is 3. The van der Waals surface area contributed by atoms with Crippen molar-refractivity contribution in [1.29, 1.82) is 0 Å². The predicted octanol–water partition coefficient (Wildman–Crippen LogP) is 2.58. The van der Waals surface area contributed by atoms with Crippen LogP contribution in [-0.2, 0) is 11.2 Å². The Bertz CT molecular complexity index is 517. The Labute approximate surface area is 107 Å². The van der Waals surface area contributed by atoms with Gasteiger partial charge in [-0.15, -0.1) is 0 Å². The Morgan fingerprint density at radius 1 is 1.33 bits per heavy atom. The topological polar surface area (TPSA) is 37.4 Å². The van der Waals surface area contributed by atoms with Crippen molar-refractivity contribution in [2.45, 2.75) is 32.6 Å². The molecule has 3 rings (SSSR count). The van der Waals surface area contributed by atoms with Gasteiger partial charge in [0.25, 0.3) is 0 Å². The summed E-state index contributed by atoms with van der Waals surface area (Å²) < 4.78 is 0. The first-order chi connectivity index (χ1) is 8.70. The molecule has 3 nitrogen and oxygen atoms in total. The molecule has 1 fully saturated rings. The summed E-state index contributed by atoms with van der Waals surface area (Å²) >= 11 is 0. The van der Waals surface area contributed by atoms with Crippen LogP contribution in [0.1, 0.15) is 42.1 Å². The van der Waals surface area contributed by atoms with Crippen molar-refractivity contribution in [2.75, 3.05) is 11.4 Å². The molecule has 1 heterocycles. The second-order valence-corrected chi connectivity index (χ2v) is 5.13. The molecule has 1 aromatic rings. The molecule has 0 bridgehead atoms. The molecule has 0 aromatic heterocycles. The molecule has 1 amide bonds. The van der Waals surface area contributed by atoms with Crippen molar-refractivity contribution in [1.82, 2.24) is 0 Å². The molecule has 0 atom stereocenters. The number of carbonyl (C=O) groups is 2. The molecule has 0 spiro atoms. The van der Waals surface area contributed by atoms with Gasteiger partial charge in [-0.3, -0.25) is 9.59 Å². The number of anilines is 1. The third kappa shape index (κ3) is 1.84. The van der Waals surface area contributed by atoms with Gasteiger partial charge in [0, 0.05) is 30.1 Å². The van der Waals surface area contributed by atoms with E-state index in [4.69, 9.17) is 0 Å². The lowest BCUT2D eigenvalue weighted by Crippen LogP contribution is -2.30. The number of fused-ring (bicyclic) bond motifs is 1. The molecular formula is C15H17NO2. The zero-order valence-electron chi connectivity index (χ0n) is 10.6. The molecule has 0 N–H and O–H groups in total. The van der Waals surface area contributed by atoms with Gasteiger partial charge in [0.1, 0.15) is 0 Å². The fourth-order valence-corrected chi connectivity index (χ4v) is 2.56. The van der Waals surface area contributed by atoms with Crippen LogP contribution in [0.3, 0.4) is 0 Å². The maximum Gasteiger partial charge on any atom is 0.230 e. The van der Waals surface area contributed by atoms with Crippen LogP contribution in [0.5, 0.6) is 0 Å². The van der Waals surface area contributed by atoms with E-state index >= 15 is 0 Å². The van der Waals surface area contributed by atoms with E-state index in [1.165, 1.54) is 0 Å². The standard InChI is InChI=1S/C15H17NO2/c1-2-14(17)12-5-6-13-11(9-12)7-8-16(13)15(18)10-3-4-10/h5-6,9-10H,2-4,7-8H2,1H3. The highest BCUT2D eigenvalue weighted by Crippen LogP contribution is 2.36. The van der Waals surface area contributed by atoms with Gasteiger partial charge in [0.05, 0.1) is 0 Å². The minimum Gasteiger partial charge on any atom is -0.312 e. The molecule has 0 radical (unpaired) electrons. The van der Waals surface area contributed by atoms with Gasteiger partial charge in [-0.25, -0.2) is 0 Å². The monoisotopic (exact) mass is 243 g/mol. The summed E-state index contributed by atoms with van der Waals surface area (Å²) in [7, 11) is 0. The summed E-state index contributed by atoms with van der Waals surface area (Å²) in [5.41, 5.74) is 2.93. The predicted molar refractivity (Wildman–Crippen MR) is 69.8 cm³/mol. The highest BCUT2D eigenvalue weighted by atomic mass is 16.2. The van der Waals surface area contributed by atoms with Crippen molar-refractivity contribution in [2.24, 2.45) is 5.92 Å². The van der Waals surface area contributed by atoms with Gasteiger partial charge in [0.15, 0.2) is 5.78 Å². The average Bonchev–Trinajstić information content (AvgIpc) is 3.16. The molecule has 0 unspecified atom stereocenters. The Balaban J connectivity index is 1.88. The molecule has 2 aliphatic rings. The van der Waals surface area contributed by atoms with E-state index in [0.717, 1.165) is 42.6 Å². The fraction of sp³-hybridized carbons (Fsp3) is 0.467. The minimum atomic E-state index is 0.171. The van der Waals surface area contributed by atoms with E-state index in [-0.39, 0.29) is 17.6 Å². The number of nitrogens with zero attached hydrogens (tertiary/aromatic N) is 1. The van der Waals surface area contributed by atoms with Gasteiger partial charge in [-0.05, 0) is 43.0 Å². The van der Waals surface area contributed by atoms with Crippen LogP contribution in [0, 0.1) is 5.92 Å². The smallest absolute Gasteiger partial charge is 0.230 e. The molecule has 1 aliphatic heterocycles. The largest absolute Gasteiger partial charge is 0.312 e. The molecular weight excluding hydrogens is 226 g/mol. The van der Waals surface area contributed by atoms with Crippen molar-refractivity contribution >= 4 is 17.4 Å². The van der Waals surface area contributed by atoms with Gasteiger partial charge < -0.3 is 4.90 Å². The lowest BCUT2D eigenvalue weighted by atomic mass is 10.0. The van der Waals surface area contributed by atoms with E-state index in [0.29, 0.717) is 6.42 Å². The molecule has 3 heteroatoms. The maximum absolute atomic E-state index is 12.1. The first-order valence-electron chi connectivity index (χ1n) is 6.68. The van der Waals surface area contributed by atoms with Gasteiger partial charge in [-0.1, -0.05) is 6.92 Å². The number of Topliss-reactive ketones (excluding diaryl/α,β-unsaturated/α-hetero) is 1. The molecule has 1 aromatic carbocycles. The summed E-state index contributed by atoms with van der Waals surface area (Å²) in [6.07, 6.45) is 3.48. The highest BCUT2D eigenvalue weighted by Gasteiger charge is 2.36. The third-order valence-electron chi connectivity index (χ3n) is 3.81. The first-order valence-corrected chi connectivity index (χ1v) is 6.68. The van der Waals surface area contributed by atoms with Crippen LogP contribution in [0.25, 0.3) is 0 Å². The van der Waals surface area contributed by atoms with Crippen LogP contribution < -0.4 is 4.90 Å². The number of carbonyl (C=O) groups excluding carboxylic acids is 2. The maximum atomic E-state index is 12.1. The van der Waals surface area contributed by atoms with E-state index in [9.17, 15) is 9.59 Å². The van der Waals surface area contributed by atoms with Gasteiger partial charge in [0.2, 0.25) is 5.91 Å². The second-order valence-electron chi connectivity index (χ2n) is 5.13. The number of ketones is 1. The molecule has 1 aliphatic carbocycles. The summed E-state index contributed by atoms with van der Waals surface area (Å²) in [5, 5.41) is 0. The van der Waals surface area contributed by atoms with Crippen LogP contribution in [0.2, 0.25) is 0 Å². The molecule has 18 heavy (non-hydrogen) atoms. The van der Waals surface area contributed by atoms with Gasteiger partial charge >= 0.3 is 0 Å². The fourth-order valence-electron chi connectivity index (χ4n) is 2.56. The van der Waals surface area contributed by atoms with Crippen LogP contribution in [-0.4, -0.2) is 18.2 Å². The minimum absolute atomic E-state index is 0.171. The Morgan fingerprint density at radius 2 is 2.11 bits per heavy atom. The van der Waals surface area contributed by atoms with Crippen molar-refractivity contribution < 1.29 is 9.59 Å². The summed E-state index contributed by atoms with van der Waals surface area (Å²) in [4.78, 5) is 25.7. The van der Waals surface area contributed by atoms with Crippen molar-refractivity contribution in [3.05, 3.63) is 29.3 Å². The molecule has 1 saturated carbocycles. The lowest BCUT2D eigenvalue weighted by Gasteiger charge is -2.17. The normalized spacial score (nSPS) is 17.7. The molecule has 94 valence electrons. The highest BCUT2D eigenvalue weighted by molar-refractivity contribution is 6.00. The Hall–Kier alpha value is -1.64. The first kappa shape index (κ1) is 11.5. The van der Waals surface area contributed by atoms with Crippen LogP contribution in [0.4, 0.5) is 5.69 Å². The number of amides is 1. The molecule has 0 saturated heterocycles. The summed E-state index contributed by atoms with van der Waals surface area (Å²) in [5.74, 6) is 0.695. The van der Waals surface area contributed by atoms with Crippen molar-refractivity contribution in [3.63, 3.8) is 0 Å². The summed E-state index contributed by atoms with van der Waals surface area (Å²) in [6.45, 7) is 2.65. The Morgan fingerprint density at radius 3 is 2.78 bits per heavy atom. The second kappa shape index (κ2) is 4.23. The number of benzene rings is 1. The zero-order chi connectivity index (χ0) is 12.7. The van der Waals surface area contributed by atoms with Crippen LogP contribution >= 0.6 is 0 Å². The SMILES string of the molecule is CCC(=O)c1ccc2c(c1)CCN2C(=O)C1CC1. The quantitative estimate of drug-likeness (QED) is 0.765.